The average molecular weight is 1150 g/mol. The molecule has 0 spiro atoms. The van der Waals surface area contributed by atoms with Crippen molar-refractivity contribution in [1.29, 1.82) is 5.26 Å². The molecular weight excluding hydrogens is 1110 g/mol. The van der Waals surface area contributed by atoms with Crippen LogP contribution in [-0.2, 0) is 0 Å². The summed E-state index contributed by atoms with van der Waals surface area (Å²) in [7, 11) is 0. The van der Waals surface area contributed by atoms with Crippen LogP contribution in [0.4, 0.5) is 91.0 Å². The number of anilines is 15. The molecule has 20 rings (SSSR count). The second-order valence-electron chi connectivity index (χ2n) is 24.5. The first-order chi connectivity index (χ1) is 45.1. The Hall–Kier alpha value is -12.2. The van der Waals surface area contributed by atoms with Crippen molar-refractivity contribution in [2.24, 2.45) is 0 Å². The molecule has 0 amide bonds. The molecule has 0 aliphatic carbocycles. The highest BCUT2D eigenvalue weighted by Crippen LogP contribution is 2.53. The van der Waals surface area contributed by atoms with Crippen LogP contribution in [0.1, 0.15) is 5.56 Å². The summed E-state index contributed by atoms with van der Waals surface area (Å²) in [4.78, 5) is 16.6. The summed E-state index contributed by atoms with van der Waals surface area (Å²) in [5.74, 6) is 0. The third-order valence-electron chi connectivity index (χ3n) is 20.0. The van der Waals surface area contributed by atoms with Crippen molar-refractivity contribution in [2.45, 2.75) is 0 Å². The van der Waals surface area contributed by atoms with Crippen LogP contribution in [-0.4, -0.2) is 24.7 Å². The minimum absolute atomic E-state index is 0.219. The van der Waals surface area contributed by atoms with Crippen LogP contribution in [0.15, 0.2) is 285 Å². The van der Waals surface area contributed by atoms with Crippen molar-refractivity contribution in [2.75, 3.05) is 24.5 Å². The van der Waals surface area contributed by atoms with Gasteiger partial charge in [-0.25, -0.2) is 4.85 Å². The van der Waals surface area contributed by atoms with Gasteiger partial charge in [0.15, 0.2) is 5.69 Å². The van der Waals surface area contributed by atoms with E-state index in [1.807, 2.05) is 12.1 Å². The van der Waals surface area contributed by atoms with Crippen molar-refractivity contribution < 1.29 is 0 Å². The second-order valence-corrected chi connectivity index (χ2v) is 24.5. The number of para-hydroxylation sites is 8. The van der Waals surface area contributed by atoms with Gasteiger partial charge < -0.3 is 29.1 Å². The van der Waals surface area contributed by atoms with Gasteiger partial charge in [-0.2, -0.15) is 5.26 Å². The van der Waals surface area contributed by atoms with Crippen LogP contribution < -0.4 is 73.7 Å². The van der Waals surface area contributed by atoms with E-state index in [9.17, 15) is 5.26 Å². The molecule has 0 saturated carbocycles. The van der Waals surface area contributed by atoms with Gasteiger partial charge in [-0.05, 0) is 164 Å². The molecule has 6 aliphatic rings. The van der Waals surface area contributed by atoms with Gasteiger partial charge in [-0.15, -0.1) is 0 Å². The Balaban J connectivity index is 0.964. The van der Waals surface area contributed by atoms with Crippen LogP contribution >= 0.6 is 0 Å². The SMILES string of the molecule is [C-]#[N+]c1ccc2c(c1)N1c3cc(N(c4ccccc4)c4ccccc4)cc4c3B(c3ccccc3N4c3ccccc3)c3cc4c5c(c31)B2c1ccc(C#N)cc1N5c1cc(N(c2ccccc2)c2ccccc2)cc2c1B4c1cccc3c4ccccc4n-2c13. The summed E-state index contributed by atoms with van der Waals surface area (Å²) < 4.78 is 2.55. The highest BCUT2D eigenvalue weighted by atomic mass is 15.2. The Morgan fingerprint density at radius 2 is 0.802 bits per heavy atom. The molecule has 0 atom stereocenters. The summed E-state index contributed by atoms with van der Waals surface area (Å²) in [6.45, 7) is 7.95. The third-order valence-corrected chi connectivity index (χ3v) is 20.0. The lowest BCUT2D eigenvalue weighted by Crippen LogP contribution is -2.72. The lowest BCUT2D eigenvalue weighted by Gasteiger charge is -2.53. The Kier molecular flexibility index (Phi) is 10.2. The maximum Gasteiger partial charge on any atom is 0.252 e. The molecule has 0 fully saturated rings. The van der Waals surface area contributed by atoms with E-state index in [-0.39, 0.29) is 20.1 Å². The predicted octanol–water partition coefficient (Wildman–Crippen LogP) is 14.0. The summed E-state index contributed by atoms with van der Waals surface area (Å²) in [6.07, 6.45) is 0. The highest BCUT2D eigenvalue weighted by Gasteiger charge is 2.55. The molecule has 6 aliphatic heterocycles. The normalized spacial score (nSPS) is 13.3. The van der Waals surface area contributed by atoms with Gasteiger partial charge in [0, 0.05) is 95.9 Å². The smallest absolute Gasteiger partial charge is 0.252 e. The van der Waals surface area contributed by atoms with Crippen LogP contribution in [0.25, 0.3) is 32.3 Å². The lowest BCUT2D eigenvalue weighted by atomic mass is 9.26. The van der Waals surface area contributed by atoms with Gasteiger partial charge in [0.05, 0.1) is 35.1 Å². The molecule has 13 aromatic carbocycles. The number of hydrogen-bond acceptors (Lipinski definition) is 6. The zero-order valence-electron chi connectivity index (χ0n) is 48.9. The second kappa shape index (κ2) is 18.7. The van der Waals surface area contributed by atoms with Gasteiger partial charge >= 0.3 is 0 Å². The molecular formula is C80H47B3N8. The average Bonchev–Trinajstić information content (AvgIpc) is 1.29. The minimum Gasteiger partial charge on any atom is -0.314 e. The maximum atomic E-state index is 11.1. The molecule has 91 heavy (non-hydrogen) atoms. The predicted molar refractivity (Wildman–Crippen MR) is 379 cm³/mol. The van der Waals surface area contributed by atoms with Crippen LogP contribution in [0.2, 0.25) is 0 Å². The first-order valence-electron chi connectivity index (χ1n) is 31.1. The summed E-state index contributed by atoms with van der Waals surface area (Å²) in [6, 6.07) is 106. The molecule has 1 aromatic heterocycles. The maximum absolute atomic E-state index is 11.1. The topological polar surface area (TPSA) is 49.3 Å². The fraction of sp³-hybridized carbons (Fsp3) is 0. The summed E-state index contributed by atoms with van der Waals surface area (Å²) in [5.41, 5.74) is 31.2. The summed E-state index contributed by atoms with van der Waals surface area (Å²) in [5, 5.41) is 13.5. The van der Waals surface area contributed by atoms with Gasteiger partial charge in [-0.1, -0.05) is 170 Å². The van der Waals surface area contributed by atoms with E-state index in [1.54, 1.807) is 0 Å². The largest absolute Gasteiger partial charge is 0.314 e. The van der Waals surface area contributed by atoms with Crippen LogP contribution in [0, 0.1) is 17.9 Å². The lowest BCUT2D eigenvalue weighted by molar-refractivity contribution is 1.16. The van der Waals surface area contributed by atoms with Crippen molar-refractivity contribution in [3.05, 3.63) is 302 Å². The molecule has 7 heterocycles. The number of benzene rings is 13. The highest BCUT2D eigenvalue weighted by molar-refractivity contribution is 7.07. The van der Waals surface area contributed by atoms with E-state index < -0.39 is 0 Å². The van der Waals surface area contributed by atoms with Gasteiger partial charge in [0.1, 0.15) is 0 Å². The van der Waals surface area contributed by atoms with Gasteiger partial charge in [-0.3, -0.25) is 0 Å². The number of fused-ring (bicyclic) bond motifs is 17. The Bertz CT molecular complexity index is 5490. The minimum atomic E-state index is -0.289. The third kappa shape index (κ3) is 6.73. The number of aromatic nitrogens is 1. The van der Waals surface area contributed by atoms with E-state index in [1.165, 1.54) is 54.5 Å². The fourth-order valence-corrected chi connectivity index (χ4v) is 16.7. The monoisotopic (exact) mass is 1150 g/mol. The number of nitriles is 1. The molecule has 0 radical (unpaired) electrons. The quantitative estimate of drug-likeness (QED) is 0.117. The van der Waals surface area contributed by atoms with Crippen LogP contribution in [0.3, 0.4) is 0 Å². The Labute approximate surface area is 527 Å². The standard InChI is InChI=1S/C80H47B3N8/c1-85-51-39-41-63-70(43-51)91-73-46-57(86(52-22-7-2-8-23-52)53-24-9-3-10-25-53)44-71-75(73)82(61-34-18-20-37-68(61)88(71)56-30-15-6-16-31-56)65-48-66-80-77(79(65)91)81(63)62-40-38-50(49-84)42-69(62)90(80)74-47-58(87(54-26-11-4-12-27-54)55-28-13-5-14-29-55)45-72-76(74)83(66)64-35-21-33-60-59-32-17-19-36-67(59)89(72)78(60)64/h2-48H. The summed E-state index contributed by atoms with van der Waals surface area (Å²) >= 11 is 0. The fourth-order valence-electron chi connectivity index (χ4n) is 16.7. The van der Waals surface area contributed by atoms with E-state index >= 15 is 0 Å². The number of rotatable bonds is 7. The Morgan fingerprint density at radius 1 is 0.341 bits per heavy atom. The number of nitrogens with zero attached hydrogens (tertiary/aromatic N) is 8. The Morgan fingerprint density at radius 3 is 1.41 bits per heavy atom. The van der Waals surface area contributed by atoms with Crippen LogP contribution in [0.5, 0.6) is 0 Å². The van der Waals surface area contributed by atoms with Gasteiger partial charge in [0.25, 0.3) is 20.1 Å². The molecule has 0 unspecified atom stereocenters. The molecule has 0 N–H and O–H groups in total. The van der Waals surface area contributed by atoms with Crippen molar-refractivity contribution in [3.8, 4) is 11.8 Å². The van der Waals surface area contributed by atoms with E-state index in [0.29, 0.717) is 11.3 Å². The number of hydrogen-bond donors (Lipinski definition) is 0. The molecule has 14 aromatic rings. The molecule has 11 heteroatoms. The van der Waals surface area contributed by atoms with Gasteiger partial charge in [0.2, 0.25) is 0 Å². The van der Waals surface area contributed by atoms with E-state index in [2.05, 4.69) is 313 Å². The zero-order chi connectivity index (χ0) is 59.7. The molecule has 8 nitrogen and oxygen atoms in total. The zero-order valence-corrected chi connectivity index (χ0v) is 48.9. The molecule has 0 bridgehead atoms. The first kappa shape index (κ1) is 49.9. The van der Waals surface area contributed by atoms with E-state index in [0.717, 1.165) is 107 Å². The molecule has 416 valence electrons. The molecule has 0 saturated heterocycles. The first-order valence-corrected chi connectivity index (χ1v) is 31.1. The van der Waals surface area contributed by atoms with Crippen molar-refractivity contribution in [3.63, 3.8) is 0 Å². The van der Waals surface area contributed by atoms with Crippen molar-refractivity contribution >= 4 is 182 Å². The van der Waals surface area contributed by atoms with E-state index in [4.69, 9.17) is 6.57 Å². The van der Waals surface area contributed by atoms with Crippen molar-refractivity contribution in [1.82, 2.24) is 4.57 Å².